The summed E-state index contributed by atoms with van der Waals surface area (Å²) < 4.78 is 12.3. The van der Waals surface area contributed by atoms with Crippen molar-refractivity contribution < 1.29 is 28.7 Å². The Bertz CT molecular complexity index is 1920. The highest BCUT2D eigenvalue weighted by Crippen LogP contribution is 2.32. The van der Waals surface area contributed by atoms with Crippen LogP contribution in [0.15, 0.2) is 66.2 Å². The zero-order valence-corrected chi connectivity index (χ0v) is 43.3. The molecule has 3 aromatic rings. The van der Waals surface area contributed by atoms with Gasteiger partial charge >= 0.3 is 0 Å². The Hall–Kier alpha value is -3.97. The summed E-state index contributed by atoms with van der Waals surface area (Å²) in [5.41, 5.74) is 3.68. The van der Waals surface area contributed by atoms with Gasteiger partial charge in [0.1, 0.15) is 5.01 Å². The van der Waals surface area contributed by atoms with Crippen LogP contribution in [0.2, 0.25) is 0 Å². The van der Waals surface area contributed by atoms with Gasteiger partial charge in [-0.25, -0.2) is 4.98 Å². The molecule has 4 rings (SSSR count). The summed E-state index contributed by atoms with van der Waals surface area (Å²) in [6, 6.07) is 17.5. The van der Waals surface area contributed by atoms with E-state index < -0.39 is 30.1 Å². The monoisotopic (exact) mass is 930 g/mol. The molecule has 1 fully saturated rings. The van der Waals surface area contributed by atoms with E-state index in [9.17, 15) is 19.2 Å². The average molecular weight is 930 g/mol. The van der Waals surface area contributed by atoms with E-state index in [1.165, 1.54) is 22.5 Å². The molecule has 1 aliphatic heterocycles. The van der Waals surface area contributed by atoms with Crippen LogP contribution in [0.1, 0.15) is 122 Å². The predicted molar refractivity (Wildman–Crippen MR) is 267 cm³/mol. The summed E-state index contributed by atoms with van der Waals surface area (Å²) >= 11 is 1.51. The van der Waals surface area contributed by atoms with Crippen LogP contribution < -0.4 is 5.32 Å². The van der Waals surface area contributed by atoms with Crippen molar-refractivity contribution in [1.82, 2.24) is 25.0 Å². The number of nitrogens with zero attached hydrogens (tertiary/aromatic N) is 4. The topological polar surface area (TPSA) is 121 Å². The number of thiazole rings is 1. The number of amides is 3. The van der Waals surface area contributed by atoms with E-state index in [1.807, 2.05) is 75.5 Å². The first-order chi connectivity index (χ1) is 31.4. The van der Waals surface area contributed by atoms with E-state index in [2.05, 4.69) is 81.0 Å². The number of hydrogen-bond donors (Lipinski definition) is 1. The lowest BCUT2D eigenvalue weighted by atomic mass is 9.83. The molecular weight excluding hydrogens is 847 g/mol. The minimum Gasteiger partial charge on any atom is -0.379 e. The molecule has 3 amide bonds. The van der Waals surface area contributed by atoms with Gasteiger partial charge in [-0.05, 0) is 79.5 Å². The molecule has 0 spiro atoms. The lowest BCUT2D eigenvalue weighted by molar-refractivity contribution is -0.149. The van der Waals surface area contributed by atoms with Crippen LogP contribution in [0.4, 0.5) is 0 Å². The number of carbonyl (C=O) groups is 4. The number of hydrogen-bond acceptors (Lipinski definition) is 9. The van der Waals surface area contributed by atoms with Gasteiger partial charge < -0.3 is 24.6 Å². The first-order valence-electron chi connectivity index (χ1n) is 24.6. The summed E-state index contributed by atoms with van der Waals surface area (Å²) in [6.07, 6.45) is 5.55. The third-order valence-electron chi connectivity index (χ3n) is 14.0. The van der Waals surface area contributed by atoms with Crippen LogP contribution in [0.5, 0.6) is 0 Å². The van der Waals surface area contributed by atoms with Crippen molar-refractivity contribution in [3.8, 4) is 0 Å². The maximum Gasteiger partial charge on any atom is 0.226 e. The van der Waals surface area contributed by atoms with E-state index in [4.69, 9.17) is 9.47 Å². The molecule has 0 radical (unpaired) electrons. The van der Waals surface area contributed by atoms with Gasteiger partial charge in [0.15, 0.2) is 5.78 Å². The molecule has 66 heavy (non-hydrogen) atoms. The van der Waals surface area contributed by atoms with E-state index in [0.717, 1.165) is 42.8 Å². The predicted octanol–water partition coefficient (Wildman–Crippen LogP) is 9.09. The van der Waals surface area contributed by atoms with Crippen LogP contribution in [0, 0.1) is 35.5 Å². The maximum atomic E-state index is 14.7. The summed E-state index contributed by atoms with van der Waals surface area (Å²) in [7, 11) is 7.05. The Morgan fingerprint density at radius 2 is 1.50 bits per heavy atom. The first-order valence-corrected chi connectivity index (χ1v) is 25.5. The van der Waals surface area contributed by atoms with Crippen LogP contribution >= 0.6 is 11.3 Å². The summed E-state index contributed by atoms with van der Waals surface area (Å²) in [5.74, 6) is -0.787. The number of methoxy groups -OCH3 is 2. The second-order valence-electron chi connectivity index (χ2n) is 20.1. The highest BCUT2D eigenvalue weighted by molar-refractivity contribution is 7.09. The fourth-order valence-corrected chi connectivity index (χ4v) is 10.8. The molecule has 1 aromatic heterocycles. The summed E-state index contributed by atoms with van der Waals surface area (Å²) in [5, 5.41) is 6.00. The van der Waals surface area contributed by atoms with Gasteiger partial charge in [0.05, 0.1) is 48.7 Å². The Morgan fingerprint density at radius 3 is 2.06 bits per heavy atom. The van der Waals surface area contributed by atoms with Gasteiger partial charge in [-0.2, -0.15) is 0 Å². The molecule has 11 nitrogen and oxygen atoms in total. The fourth-order valence-electron chi connectivity index (χ4n) is 10.2. The molecule has 1 aliphatic rings. The molecule has 9 atom stereocenters. The van der Waals surface area contributed by atoms with E-state index >= 15 is 0 Å². The third-order valence-corrected chi connectivity index (χ3v) is 14.9. The zero-order chi connectivity index (χ0) is 48.7. The number of aromatic nitrogens is 1. The molecule has 2 aromatic carbocycles. The number of Topliss-reactive ketones (excluding diaryl/α,β-unsaturated/α-hetero) is 1. The van der Waals surface area contributed by atoms with Crippen molar-refractivity contribution in [2.45, 2.75) is 150 Å². The fraction of sp³-hybridized carbons (Fsp3) is 0.648. The second kappa shape index (κ2) is 26.5. The molecule has 0 bridgehead atoms. The Kier molecular flexibility index (Phi) is 22.0. The molecule has 366 valence electrons. The number of ketones is 1. The normalized spacial score (nSPS) is 18.0. The minimum atomic E-state index is -0.598. The summed E-state index contributed by atoms with van der Waals surface area (Å²) in [4.78, 5) is 67.9. The first kappa shape index (κ1) is 54.6. The Balaban J connectivity index is 1.45. The SMILES string of the molecule is CC[C@H](C)[C@@H]([C@@H](CC(=O)N1CCC[C@H]1[C@H](OC)[C@@H](C)C(=O)N[C@@H](Cc1ccccc1)c1nccs1)OC)N(C)C(=O)[C@@H](CC(=O)[C@H](C(C)C)N(C)CCc1ccc(CC(C)C)cc1)C(C)C. The van der Waals surface area contributed by atoms with Crippen molar-refractivity contribution in [2.75, 3.05) is 41.4 Å². The highest BCUT2D eigenvalue weighted by Gasteiger charge is 2.43. The average Bonchev–Trinajstić information content (AvgIpc) is 4.01. The molecule has 2 heterocycles. The number of likely N-dealkylation sites (tertiary alicyclic amines) is 1. The van der Waals surface area contributed by atoms with Crippen LogP contribution in [-0.2, 0) is 47.9 Å². The molecule has 0 saturated carbocycles. The minimum absolute atomic E-state index is 0.000632. The quantitative estimate of drug-likeness (QED) is 0.0805. The molecule has 1 saturated heterocycles. The van der Waals surface area contributed by atoms with E-state index in [-0.39, 0.29) is 72.2 Å². The third kappa shape index (κ3) is 15.0. The van der Waals surface area contributed by atoms with Gasteiger partial charge in [0, 0.05) is 58.3 Å². The van der Waals surface area contributed by atoms with Crippen molar-refractivity contribution in [3.05, 3.63) is 87.9 Å². The molecule has 0 unspecified atom stereocenters. The number of benzene rings is 2. The van der Waals surface area contributed by atoms with Gasteiger partial charge in [-0.15, -0.1) is 11.3 Å². The number of likely N-dealkylation sites (N-methyl/N-ethyl adjacent to an activating group) is 2. The number of ether oxygens (including phenoxy) is 2. The van der Waals surface area contributed by atoms with Crippen LogP contribution in [-0.4, -0.2) is 115 Å². The molecule has 12 heteroatoms. The largest absolute Gasteiger partial charge is 0.379 e. The second-order valence-corrected chi connectivity index (χ2v) is 21.0. The van der Waals surface area contributed by atoms with Gasteiger partial charge in [0.2, 0.25) is 17.7 Å². The smallest absolute Gasteiger partial charge is 0.226 e. The van der Waals surface area contributed by atoms with Crippen molar-refractivity contribution in [1.29, 1.82) is 0 Å². The lowest BCUT2D eigenvalue weighted by Crippen LogP contribution is -2.54. The number of carbonyl (C=O) groups excluding carboxylic acids is 4. The lowest BCUT2D eigenvalue weighted by Gasteiger charge is -2.41. The van der Waals surface area contributed by atoms with Gasteiger partial charge in [-0.1, -0.05) is 123 Å². The van der Waals surface area contributed by atoms with Gasteiger partial charge in [-0.3, -0.25) is 24.1 Å². The standard InChI is InChI=1S/C54H83N5O6S/c1-14-38(8)50(58(11)54(63)43(36(4)5)33-46(60)49(37(6)7)57(10)29-26-40-22-24-42(25-23-40)31-35(2)3)47(64-12)34-48(61)59-28-18-21-45(59)51(65-13)39(9)52(62)56-44(53-55-27-30-66-53)32-41-19-16-15-17-20-41/h15-17,19-20,22-25,27,30,35-39,43-45,47,49-51H,14,18,21,26,28-29,31-34H2,1-13H3,(H,56,62)/t38-,39+,43-,44-,45-,47+,49-,50-,51+/m0/s1. The Labute approximate surface area is 401 Å². The number of nitrogens with one attached hydrogen (secondary N) is 1. The van der Waals surface area contributed by atoms with Crippen LogP contribution in [0.3, 0.4) is 0 Å². The Morgan fingerprint density at radius 1 is 0.848 bits per heavy atom. The van der Waals surface area contributed by atoms with Crippen molar-refractivity contribution >= 4 is 34.8 Å². The molecule has 1 N–H and O–H groups in total. The van der Waals surface area contributed by atoms with E-state index in [0.29, 0.717) is 25.3 Å². The van der Waals surface area contributed by atoms with E-state index in [1.54, 1.807) is 25.3 Å². The highest BCUT2D eigenvalue weighted by atomic mass is 32.1. The van der Waals surface area contributed by atoms with Crippen molar-refractivity contribution in [3.63, 3.8) is 0 Å². The molecule has 0 aliphatic carbocycles. The number of rotatable bonds is 27. The maximum absolute atomic E-state index is 14.7. The summed E-state index contributed by atoms with van der Waals surface area (Å²) in [6.45, 7) is 20.0. The zero-order valence-electron chi connectivity index (χ0n) is 42.5. The van der Waals surface area contributed by atoms with Crippen LogP contribution in [0.25, 0.3) is 0 Å². The van der Waals surface area contributed by atoms with Gasteiger partial charge in [0.25, 0.3) is 0 Å². The van der Waals surface area contributed by atoms with Crippen molar-refractivity contribution in [2.24, 2.45) is 35.5 Å². The molecular formula is C54H83N5O6S.